The minimum Gasteiger partial charge on any atom is -0.370 e. The smallest absolute Gasteiger partial charge is 0.193 e. The molecule has 1 saturated heterocycles. The van der Waals surface area contributed by atoms with E-state index in [9.17, 15) is 0 Å². The van der Waals surface area contributed by atoms with Crippen molar-refractivity contribution in [3.05, 3.63) is 0 Å². The number of nitrogens with two attached hydrogens (primary N) is 1. The van der Waals surface area contributed by atoms with Crippen molar-refractivity contribution in [3.63, 3.8) is 0 Å². The van der Waals surface area contributed by atoms with Gasteiger partial charge in [-0.05, 0) is 49.9 Å². The molecule has 1 saturated carbocycles. The fourth-order valence-electron chi connectivity index (χ4n) is 5.09. The lowest BCUT2D eigenvalue weighted by Crippen LogP contribution is -2.44. The molecule has 3 N–H and O–H groups in total. The van der Waals surface area contributed by atoms with Crippen molar-refractivity contribution in [1.82, 2.24) is 14.7 Å². The first kappa shape index (κ1) is 22.2. The van der Waals surface area contributed by atoms with Crippen LogP contribution in [0.25, 0.3) is 0 Å². The summed E-state index contributed by atoms with van der Waals surface area (Å²) in [6.07, 6.45) is 10.2. The van der Waals surface area contributed by atoms with Crippen LogP contribution in [0.4, 0.5) is 0 Å². The topological polar surface area (TPSA) is 72.0 Å². The van der Waals surface area contributed by atoms with E-state index < -0.39 is 0 Å². The summed E-state index contributed by atoms with van der Waals surface area (Å²) < 4.78 is 0. The molecular weight excluding hydrogens is 360 g/mol. The number of guanidine groups is 2. The number of unbranched alkanes of at least 4 members (excludes halogenated alkanes) is 1. The average Bonchev–Trinajstić information content (AvgIpc) is 3.24. The first-order chi connectivity index (χ1) is 14.0. The van der Waals surface area contributed by atoms with Crippen LogP contribution in [0.5, 0.6) is 0 Å². The van der Waals surface area contributed by atoms with Crippen LogP contribution in [0.15, 0.2) is 4.99 Å². The second-order valence-corrected chi connectivity index (χ2v) is 9.90. The summed E-state index contributed by atoms with van der Waals surface area (Å²) in [4.78, 5) is 11.5. The van der Waals surface area contributed by atoms with E-state index in [1.807, 2.05) is 0 Å². The van der Waals surface area contributed by atoms with Gasteiger partial charge in [-0.3, -0.25) is 10.4 Å². The summed E-state index contributed by atoms with van der Waals surface area (Å²) in [5.74, 6) is 3.88. The third-order valence-electron chi connectivity index (χ3n) is 7.47. The minimum absolute atomic E-state index is 0.495. The molecule has 0 spiro atoms. The molecule has 1 aliphatic carbocycles. The molecule has 2 aliphatic heterocycles. The third-order valence-corrected chi connectivity index (χ3v) is 7.47. The molecule has 0 aromatic heterocycles. The zero-order valence-corrected chi connectivity index (χ0v) is 19.1. The summed E-state index contributed by atoms with van der Waals surface area (Å²) in [6.45, 7) is 13.0. The molecule has 2 heterocycles. The van der Waals surface area contributed by atoms with Crippen LogP contribution >= 0.6 is 0 Å². The van der Waals surface area contributed by atoms with Crippen molar-refractivity contribution in [3.8, 4) is 0 Å². The zero-order chi connectivity index (χ0) is 20.8. The maximum Gasteiger partial charge on any atom is 0.193 e. The molecule has 0 bridgehead atoms. The van der Waals surface area contributed by atoms with E-state index in [4.69, 9.17) is 11.1 Å². The third kappa shape index (κ3) is 6.02. The van der Waals surface area contributed by atoms with Crippen molar-refractivity contribution >= 4 is 11.9 Å². The molecule has 0 aromatic carbocycles. The number of aliphatic imine (C=N–C) groups is 1. The van der Waals surface area contributed by atoms with Gasteiger partial charge in [0.15, 0.2) is 11.9 Å². The van der Waals surface area contributed by atoms with E-state index in [1.54, 1.807) is 0 Å². The van der Waals surface area contributed by atoms with Crippen LogP contribution < -0.4 is 5.73 Å². The quantitative estimate of drug-likeness (QED) is 0.546. The first-order valence-corrected chi connectivity index (χ1v) is 12.1. The second kappa shape index (κ2) is 10.5. The highest BCUT2D eigenvalue weighted by molar-refractivity contribution is 5.80. The van der Waals surface area contributed by atoms with Gasteiger partial charge in [-0.15, -0.1) is 0 Å². The molecule has 166 valence electrons. The van der Waals surface area contributed by atoms with Gasteiger partial charge in [-0.2, -0.15) is 0 Å². The number of nitrogens with zero attached hydrogens (tertiary/aromatic N) is 4. The maximum atomic E-state index is 8.46. The Bertz CT molecular complexity index is 554. The van der Waals surface area contributed by atoms with Crippen LogP contribution in [-0.2, 0) is 0 Å². The minimum atomic E-state index is 0.495. The van der Waals surface area contributed by atoms with Crippen molar-refractivity contribution in [2.45, 2.75) is 78.2 Å². The van der Waals surface area contributed by atoms with Crippen molar-refractivity contribution in [2.75, 3.05) is 39.3 Å². The summed E-state index contributed by atoms with van der Waals surface area (Å²) in [6, 6.07) is 0.495. The van der Waals surface area contributed by atoms with Crippen LogP contribution in [0.1, 0.15) is 72.1 Å². The average molecular weight is 405 g/mol. The molecule has 6 nitrogen and oxygen atoms in total. The number of hydrogen-bond acceptors (Lipinski definition) is 4. The number of rotatable bonds is 10. The Morgan fingerprint density at radius 3 is 2.59 bits per heavy atom. The standard InChI is InChI=1S/C23H44N6/c1-4-18(2)16-28-14-13-27(23(28)25)12-6-5-7-21-15-26-22(24)29(21)17-20-10-8-19(3)9-11-20/h18-21,25H,4-17H2,1-3H3,(H2,24,26)/t18?,19?,20?,21-/m0/s1. The van der Waals surface area contributed by atoms with Gasteiger partial charge in [0.1, 0.15) is 0 Å². The van der Waals surface area contributed by atoms with Gasteiger partial charge in [0.05, 0.1) is 12.6 Å². The molecule has 1 unspecified atom stereocenters. The molecule has 0 aromatic rings. The Kier molecular flexibility index (Phi) is 8.07. The summed E-state index contributed by atoms with van der Waals surface area (Å²) in [5.41, 5.74) is 6.24. The van der Waals surface area contributed by atoms with Gasteiger partial charge in [-0.1, -0.05) is 40.0 Å². The fraction of sp³-hybridized carbons (Fsp3) is 0.913. The van der Waals surface area contributed by atoms with Gasteiger partial charge in [-0.25, -0.2) is 0 Å². The highest BCUT2D eigenvalue weighted by Crippen LogP contribution is 2.30. The Balaban J connectivity index is 1.36. The van der Waals surface area contributed by atoms with E-state index >= 15 is 0 Å². The molecule has 3 rings (SSSR count). The molecule has 3 aliphatic rings. The largest absolute Gasteiger partial charge is 0.370 e. The number of hydrogen-bond donors (Lipinski definition) is 2. The fourth-order valence-corrected chi connectivity index (χ4v) is 5.09. The van der Waals surface area contributed by atoms with Gasteiger partial charge >= 0.3 is 0 Å². The molecular formula is C23H44N6. The van der Waals surface area contributed by atoms with Crippen molar-refractivity contribution in [2.24, 2.45) is 28.5 Å². The van der Waals surface area contributed by atoms with E-state index in [-0.39, 0.29) is 0 Å². The molecule has 29 heavy (non-hydrogen) atoms. The van der Waals surface area contributed by atoms with Gasteiger partial charge in [0, 0.05) is 32.7 Å². The lowest BCUT2D eigenvalue weighted by molar-refractivity contribution is 0.211. The highest BCUT2D eigenvalue weighted by atomic mass is 15.4. The summed E-state index contributed by atoms with van der Waals surface area (Å²) >= 11 is 0. The Morgan fingerprint density at radius 1 is 1.14 bits per heavy atom. The maximum absolute atomic E-state index is 8.46. The van der Waals surface area contributed by atoms with E-state index in [0.29, 0.717) is 12.0 Å². The van der Waals surface area contributed by atoms with Gasteiger partial charge in [0.25, 0.3) is 0 Å². The molecule has 2 atom stereocenters. The molecule has 0 amide bonds. The highest BCUT2D eigenvalue weighted by Gasteiger charge is 2.30. The van der Waals surface area contributed by atoms with Crippen LogP contribution in [0, 0.1) is 23.2 Å². The van der Waals surface area contributed by atoms with Crippen LogP contribution in [0.3, 0.4) is 0 Å². The van der Waals surface area contributed by atoms with Crippen molar-refractivity contribution in [1.29, 1.82) is 5.41 Å². The number of nitrogens with one attached hydrogen (secondary N) is 1. The van der Waals surface area contributed by atoms with E-state index in [1.165, 1.54) is 44.9 Å². The van der Waals surface area contributed by atoms with E-state index in [0.717, 1.165) is 69.4 Å². The predicted octanol–water partition coefficient (Wildman–Crippen LogP) is 3.58. The van der Waals surface area contributed by atoms with Gasteiger partial charge in [0.2, 0.25) is 0 Å². The summed E-state index contributed by atoms with van der Waals surface area (Å²) in [5, 5.41) is 8.46. The molecule has 2 fully saturated rings. The Morgan fingerprint density at radius 2 is 1.86 bits per heavy atom. The zero-order valence-electron chi connectivity index (χ0n) is 19.1. The normalized spacial score (nSPS) is 28.9. The van der Waals surface area contributed by atoms with Crippen LogP contribution in [0.2, 0.25) is 0 Å². The first-order valence-electron chi connectivity index (χ1n) is 12.1. The lowest BCUT2D eigenvalue weighted by Gasteiger charge is -2.33. The lowest BCUT2D eigenvalue weighted by atomic mass is 9.82. The Hall–Kier alpha value is -1.46. The van der Waals surface area contributed by atoms with Gasteiger partial charge < -0.3 is 20.4 Å². The second-order valence-electron chi connectivity index (χ2n) is 9.90. The predicted molar refractivity (Wildman–Crippen MR) is 122 cm³/mol. The molecule has 6 heteroatoms. The van der Waals surface area contributed by atoms with Crippen LogP contribution in [-0.4, -0.2) is 71.9 Å². The monoisotopic (exact) mass is 404 g/mol. The van der Waals surface area contributed by atoms with Crippen molar-refractivity contribution < 1.29 is 0 Å². The van der Waals surface area contributed by atoms with E-state index in [2.05, 4.69) is 40.5 Å². The molecule has 0 radical (unpaired) electrons. The SMILES string of the molecule is CCC(C)CN1CCN(CCCC[C@H]2CN=C(N)N2CC2CCC(C)CC2)C1=N. The Labute approximate surface area is 178 Å². The summed E-state index contributed by atoms with van der Waals surface area (Å²) in [7, 11) is 0.